The minimum atomic E-state index is 0.0292. The maximum Gasteiger partial charge on any atom is 0.228 e. The predicted octanol–water partition coefficient (Wildman–Crippen LogP) is 2.84. The van der Waals surface area contributed by atoms with E-state index in [4.69, 9.17) is 11.2 Å². The fourth-order valence-corrected chi connectivity index (χ4v) is 2.44. The van der Waals surface area contributed by atoms with Gasteiger partial charge in [-0.3, -0.25) is 9.78 Å². The van der Waals surface area contributed by atoms with Gasteiger partial charge in [0.15, 0.2) is 0 Å². The molecule has 0 saturated heterocycles. The van der Waals surface area contributed by atoms with Gasteiger partial charge in [0, 0.05) is 24.0 Å². The Morgan fingerprint density at radius 1 is 1.36 bits per heavy atom. The fourth-order valence-electron chi connectivity index (χ4n) is 2.44. The highest BCUT2D eigenvalue weighted by Crippen LogP contribution is 2.47. The van der Waals surface area contributed by atoms with Gasteiger partial charge in [-0.1, -0.05) is 12.0 Å². The molecular formula is C18H16N2O2. The maximum atomic E-state index is 12.2. The zero-order valence-electron chi connectivity index (χ0n) is 12.0. The summed E-state index contributed by atoms with van der Waals surface area (Å²) in [5, 5.41) is 2.93. The van der Waals surface area contributed by atoms with Gasteiger partial charge in [-0.25, -0.2) is 0 Å². The van der Waals surface area contributed by atoms with Crippen molar-refractivity contribution in [2.75, 3.05) is 11.9 Å². The molecule has 0 bridgehead atoms. The molecule has 1 aliphatic rings. The Morgan fingerprint density at radius 2 is 2.18 bits per heavy atom. The number of rotatable bonds is 5. The lowest BCUT2D eigenvalue weighted by Crippen LogP contribution is -2.14. The van der Waals surface area contributed by atoms with Crippen LogP contribution in [-0.2, 0) is 4.79 Å². The smallest absolute Gasteiger partial charge is 0.228 e. The summed E-state index contributed by atoms with van der Waals surface area (Å²) in [5.74, 6) is 3.46. The average Bonchev–Trinajstić information content (AvgIpc) is 3.36. The average molecular weight is 292 g/mol. The van der Waals surface area contributed by atoms with Crippen LogP contribution in [0, 0.1) is 18.3 Å². The van der Waals surface area contributed by atoms with Crippen molar-refractivity contribution in [3.8, 4) is 18.1 Å². The number of ether oxygens (including phenoxy) is 1. The monoisotopic (exact) mass is 292 g/mol. The molecule has 0 radical (unpaired) electrons. The van der Waals surface area contributed by atoms with Gasteiger partial charge in [0.25, 0.3) is 0 Å². The van der Waals surface area contributed by atoms with Crippen LogP contribution in [0.25, 0.3) is 0 Å². The van der Waals surface area contributed by atoms with Crippen molar-refractivity contribution in [2.24, 2.45) is 5.92 Å². The molecule has 2 aromatic rings. The third-order valence-electron chi connectivity index (χ3n) is 3.68. The van der Waals surface area contributed by atoms with Crippen molar-refractivity contribution in [3.05, 3.63) is 54.4 Å². The largest absolute Gasteiger partial charge is 0.481 e. The molecular weight excluding hydrogens is 276 g/mol. The van der Waals surface area contributed by atoms with Crippen LogP contribution < -0.4 is 10.1 Å². The number of carbonyl (C=O) groups excluding carboxylic acids is 1. The second kappa shape index (κ2) is 6.31. The van der Waals surface area contributed by atoms with Crippen molar-refractivity contribution < 1.29 is 9.53 Å². The molecule has 0 unspecified atom stereocenters. The van der Waals surface area contributed by atoms with Crippen LogP contribution in [0.15, 0.2) is 48.8 Å². The lowest BCUT2D eigenvalue weighted by molar-refractivity contribution is -0.117. The number of anilines is 1. The van der Waals surface area contributed by atoms with E-state index in [9.17, 15) is 4.79 Å². The number of amides is 1. The Labute approximate surface area is 129 Å². The van der Waals surface area contributed by atoms with Crippen LogP contribution >= 0.6 is 0 Å². The molecule has 1 heterocycles. The summed E-state index contributed by atoms with van der Waals surface area (Å²) < 4.78 is 5.29. The zero-order valence-corrected chi connectivity index (χ0v) is 12.0. The van der Waals surface area contributed by atoms with Crippen molar-refractivity contribution in [3.63, 3.8) is 0 Å². The second-order valence-corrected chi connectivity index (χ2v) is 5.24. The summed E-state index contributed by atoms with van der Waals surface area (Å²) in [4.78, 5) is 16.3. The molecule has 2 atom stereocenters. The molecule has 1 aromatic carbocycles. The van der Waals surface area contributed by atoms with Gasteiger partial charge in [0.2, 0.25) is 5.91 Å². The molecule has 1 saturated carbocycles. The van der Waals surface area contributed by atoms with Crippen LogP contribution in [0.5, 0.6) is 5.75 Å². The van der Waals surface area contributed by atoms with Crippen molar-refractivity contribution in [1.82, 2.24) is 4.98 Å². The van der Waals surface area contributed by atoms with Crippen LogP contribution in [0.3, 0.4) is 0 Å². The summed E-state index contributed by atoms with van der Waals surface area (Å²) >= 11 is 0. The number of nitrogens with zero attached hydrogens (tertiary/aromatic N) is 1. The van der Waals surface area contributed by atoms with Gasteiger partial charge in [0.05, 0.1) is 0 Å². The fraction of sp³-hybridized carbons (Fsp3) is 0.222. The molecule has 3 rings (SSSR count). The van der Waals surface area contributed by atoms with Gasteiger partial charge in [-0.15, -0.1) is 6.42 Å². The summed E-state index contributed by atoms with van der Waals surface area (Å²) in [7, 11) is 0. The minimum absolute atomic E-state index is 0.0292. The minimum Gasteiger partial charge on any atom is -0.481 e. The van der Waals surface area contributed by atoms with Gasteiger partial charge >= 0.3 is 0 Å². The number of hydrogen-bond acceptors (Lipinski definition) is 3. The Balaban J connectivity index is 1.56. The lowest BCUT2D eigenvalue weighted by atomic mass is 10.1. The molecule has 22 heavy (non-hydrogen) atoms. The standard InChI is InChI=1S/C18H16N2O2/c1-2-10-22-15-7-5-14(6-8-15)20-18(21)17-11-16(17)13-4-3-9-19-12-13/h1,3-9,12,16-17H,10-11H2,(H,20,21)/t16-,17-/m1/s1. The van der Waals surface area contributed by atoms with Crippen LogP contribution in [0.2, 0.25) is 0 Å². The third-order valence-corrected chi connectivity index (χ3v) is 3.68. The first-order chi connectivity index (χ1) is 10.8. The van der Waals surface area contributed by atoms with Gasteiger partial charge in [-0.05, 0) is 48.2 Å². The summed E-state index contributed by atoms with van der Waals surface area (Å²) in [5.41, 5.74) is 1.88. The summed E-state index contributed by atoms with van der Waals surface area (Å²) in [6.45, 7) is 0.237. The number of aromatic nitrogens is 1. The Kier molecular flexibility index (Phi) is 4.06. The first kappa shape index (κ1) is 14.2. The number of terminal acetylenes is 1. The van der Waals surface area contributed by atoms with Crippen LogP contribution in [-0.4, -0.2) is 17.5 Å². The van der Waals surface area contributed by atoms with Crippen LogP contribution in [0.1, 0.15) is 17.9 Å². The zero-order chi connectivity index (χ0) is 15.4. The number of carbonyl (C=O) groups is 1. The highest BCUT2D eigenvalue weighted by molar-refractivity contribution is 5.95. The van der Waals surface area contributed by atoms with E-state index in [1.54, 1.807) is 18.3 Å². The van der Waals surface area contributed by atoms with E-state index in [2.05, 4.69) is 16.2 Å². The van der Waals surface area contributed by atoms with Gasteiger partial charge < -0.3 is 10.1 Å². The van der Waals surface area contributed by atoms with E-state index in [1.165, 1.54) is 0 Å². The van der Waals surface area contributed by atoms with E-state index in [0.29, 0.717) is 5.75 Å². The Hall–Kier alpha value is -2.80. The van der Waals surface area contributed by atoms with E-state index in [0.717, 1.165) is 17.7 Å². The molecule has 0 aliphatic heterocycles. The molecule has 4 heteroatoms. The number of pyridine rings is 1. The van der Waals surface area contributed by atoms with Crippen molar-refractivity contribution in [1.29, 1.82) is 0 Å². The number of hydrogen-bond donors (Lipinski definition) is 1. The molecule has 1 aromatic heterocycles. The molecule has 110 valence electrons. The number of nitrogens with one attached hydrogen (secondary N) is 1. The molecule has 1 N–H and O–H groups in total. The Bertz CT molecular complexity index is 689. The summed E-state index contributed by atoms with van der Waals surface area (Å²) in [6, 6.07) is 11.1. The van der Waals surface area contributed by atoms with Crippen molar-refractivity contribution in [2.45, 2.75) is 12.3 Å². The SMILES string of the molecule is C#CCOc1ccc(NC(=O)[C@@H]2C[C@@H]2c2cccnc2)cc1. The second-order valence-electron chi connectivity index (χ2n) is 5.24. The molecule has 1 fully saturated rings. The summed E-state index contributed by atoms with van der Waals surface area (Å²) in [6.07, 6.45) is 9.58. The topological polar surface area (TPSA) is 51.2 Å². The molecule has 0 spiro atoms. The van der Waals surface area contributed by atoms with Gasteiger partial charge in [0.1, 0.15) is 12.4 Å². The molecule has 1 amide bonds. The first-order valence-corrected chi connectivity index (χ1v) is 7.15. The first-order valence-electron chi connectivity index (χ1n) is 7.15. The van der Waals surface area contributed by atoms with E-state index in [-0.39, 0.29) is 24.3 Å². The van der Waals surface area contributed by atoms with E-state index >= 15 is 0 Å². The van der Waals surface area contributed by atoms with Crippen LogP contribution in [0.4, 0.5) is 5.69 Å². The molecule has 1 aliphatic carbocycles. The lowest BCUT2D eigenvalue weighted by Gasteiger charge is -2.07. The van der Waals surface area contributed by atoms with E-state index < -0.39 is 0 Å². The molecule has 4 nitrogen and oxygen atoms in total. The highest BCUT2D eigenvalue weighted by atomic mass is 16.5. The maximum absolute atomic E-state index is 12.2. The normalized spacial score (nSPS) is 19.0. The van der Waals surface area contributed by atoms with Crippen molar-refractivity contribution >= 4 is 11.6 Å². The van der Waals surface area contributed by atoms with Gasteiger partial charge in [-0.2, -0.15) is 0 Å². The third kappa shape index (κ3) is 3.26. The predicted molar refractivity (Wildman–Crippen MR) is 84.5 cm³/mol. The quantitative estimate of drug-likeness (QED) is 0.862. The van der Waals surface area contributed by atoms with E-state index in [1.807, 2.05) is 30.5 Å². The highest BCUT2D eigenvalue weighted by Gasteiger charge is 2.44. The number of benzene rings is 1. The Morgan fingerprint density at radius 3 is 2.86 bits per heavy atom.